The van der Waals surface area contributed by atoms with Crippen molar-refractivity contribution in [2.24, 2.45) is 0 Å². The molecule has 150 valence electrons. The number of aromatic nitrogens is 2. The van der Waals surface area contributed by atoms with Gasteiger partial charge in [-0.1, -0.05) is 18.2 Å². The lowest BCUT2D eigenvalue weighted by Crippen LogP contribution is -2.26. The summed E-state index contributed by atoms with van der Waals surface area (Å²) in [6, 6.07) is 12.5. The molecular weight excluding hydrogens is 383 g/mol. The van der Waals surface area contributed by atoms with E-state index in [1.54, 1.807) is 24.3 Å². The van der Waals surface area contributed by atoms with E-state index >= 15 is 0 Å². The SMILES string of the molecule is FC(F)(F)c1nc(N2CCC[C@H]2c2ccc3c(c2)OCCO3)c2ccccc2n1. The largest absolute Gasteiger partial charge is 0.486 e. The van der Waals surface area contributed by atoms with Crippen molar-refractivity contribution in [2.45, 2.75) is 25.1 Å². The molecule has 0 saturated carbocycles. The lowest BCUT2D eigenvalue weighted by Gasteiger charge is -2.28. The maximum absolute atomic E-state index is 13.4. The van der Waals surface area contributed by atoms with Crippen molar-refractivity contribution in [1.29, 1.82) is 0 Å². The minimum Gasteiger partial charge on any atom is -0.486 e. The third-order valence-corrected chi connectivity index (χ3v) is 5.31. The number of hydrogen-bond acceptors (Lipinski definition) is 5. The van der Waals surface area contributed by atoms with E-state index in [0.717, 1.165) is 18.4 Å². The summed E-state index contributed by atoms with van der Waals surface area (Å²) in [5.41, 5.74) is 1.26. The highest BCUT2D eigenvalue weighted by atomic mass is 19.4. The number of nitrogens with zero attached hydrogens (tertiary/aromatic N) is 3. The number of anilines is 1. The molecule has 29 heavy (non-hydrogen) atoms. The summed E-state index contributed by atoms with van der Waals surface area (Å²) in [6.45, 7) is 1.61. The van der Waals surface area contributed by atoms with E-state index in [1.165, 1.54) is 0 Å². The van der Waals surface area contributed by atoms with Crippen LogP contribution in [0, 0.1) is 0 Å². The molecule has 0 amide bonds. The lowest BCUT2D eigenvalue weighted by atomic mass is 10.0. The molecular formula is C21H18F3N3O2. The topological polar surface area (TPSA) is 47.5 Å². The Morgan fingerprint density at radius 3 is 2.59 bits per heavy atom. The molecule has 0 bridgehead atoms. The molecule has 2 aromatic carbocycles. The van der Waals surface area contributed by atoms with Gasteiger partial charge in [0.1, 0.15) is 19.0 Å². The second kappa shape index (κ2) is 6.79. The number of alkyl halides is 3. The average molecular weight is 401 g/mol. The fourth-order valence-corrected chi connectivity index (χ4v) is 4.04. The second-order valence-electron chi connectivity index (χ2n) is 7.14. The molecule has 5 nitrogen and oxygen atoms in total. The summed E-state index contributed by atoms with van der Waals surface area (Å²) in [7, 11) is 0. The molecule has 0 radical (unpaired) electrons. The van der Waals surface area contributed by atoms with Crippen molar-refractivity contribution >= 4 is 16.7 Å². The molecule has 1 saturated heterocycles. The molecule has 1 atom stereocenters. The van der Waals surface area contributed by atoms with Crippen LogP contribution in [0.3, 0.4) is 0 Å². The molecule has 8 heteroatoms. The molecule has 0 unspecified atom stereocenters. The monoisotopic (exact) mass is 401 g/mol. The molecule has 5 rings (SSSR count). The van der Waals surface area contributed by atoms with Gasteiger partial charge in [-0.15, -0.1) is 0 Å². The smallest absolute Gasteiger partial charge is 0.451 e. The summed E-state index contributed by atoms with van der Waals surface area (Å²) in [5.74, 6) is 0.569. The van der Waals surface area contributed by atoms with Crippen molar-refractivity contribution in [3.63, 3.8) is 0 Å². The van der Waals surface area contributed by atoms with E-state index in [0.29, 0.717) is 42.5 Å². The van der Waals surface area contributed by atoms with Crippen LogP contribution < -0.4 is 14.4 Å². The van der Waals surface area contributed by atoms with Crippen LogP contribution in [-0.2, 0) is 6.18 Å². The van der Waals surface area contributed by atoms with Gasteiger partial charge in [0.25, 0.3) is 0 Å². The highest BCUT2D eigenvalue weighted by molar-refractivity contribution is 5.90. The number of halogens is 3. The Hall–Kier alpha value is -3.03. The van der Waals surface area contributed by atoms with E-state index in [-0.39, 0.29) is 11.6 Å². The fraction of sp³-hybridized carbons (Fsp3) is 0.333. The van der Waals surface area contributed by atoms with E-state index < -0.39 is 12.0 Å². The number of hydrogen-bond donors (Lipinski definition) is 0. The maximum Gasteiger partial charge on any atom is 0.451 e. The predicted octanol–water partition coefficient (Wildman–Crippen LogP) is 4.76. The average Bonchev–Trinajstić information content (AvgIpc) is 3.21. The highest BCUT2D eigenvalue weighted by Crippen LogP contribution is 2.42. The summed E-state index contributed by atoms with van der Waals surface area (Å²) in [6.07, 6.45) is -2.93. The van der Waals surface area contributed by atoms with Crippen molar-refractivity contribution in [3.05, 3.63) is 53.9 Å². The van der Waals surface area contributed by atoms with Gasteiger partial charge in [-0.25, -0.2) is 9.97 Å². The standard InChI is InChI=1S/C21H18F3N3O2/c22-21(23,24)20-25-15-5-2-1-4-14(15)19(26-20)27-9-3-6-16(27)13-7-8-17-18(12-13)29-11-10-28-17/h1-2,4-5,7-8,12,16H,3,6,9-11H2/t16-/m0/s1. The van der Waals surface area contributed by atoms with Crippen LogP contribution in [0.1, 0.15) is 30.3 Å². The minimum atomic E-state index is -4.61. The van der Waals surface area contributed by atoms with Crippen molar-refractivity contribution in [1.82, 2.24) is 9.97 Å². The zero-order valence-electron chi connectivity index (χ0n) is 15.4. The van der Waals surface area contributed by atoms with Gasteiger partial charge in [-0.05, 0) is 42.7 Å². The molecule has 1 fully saturated rings. The number of ether oxygens (including phenoxy) is 2. The first kappa shape index (κ1) is 18.0. The van der Waals surface area contributed by atoms with Gasteiger partial charge in [0.2, 0.25) is 5.82 Å². The third-order valence-electron chi connectivity index (χ3n) is 5.31. The Morgan fingerprint density at radius 1 is 0.966 bits per heavy atom. The van der Waals surface area contributed by atoms with Gasteiger partial charge in [-0.3, -0.25) is 0 Å². The lowest BCUT2D eigenvalue weighted by molar-refractivity contribution is -0.144. The van der Waals surface area contributed by atoms with Crippen molar-refractivity contribution < 1.29 is 22.6 Å². The fourth-order valence-electron chi connectivity index (χ4n) is 4.04. The zero-order valence-corrected chi connectivity index (χ0v) is 15.4. The first-order valence-electron chi connectivity index (χ1n) is 9.51. The van der Waals surface area contributed by atoms with Gasteiger partial charge in [0.05, 0.1) is 11.6 Å². The summed E-state index contributed by atoms with van der Waals surface area (Å²) in [4.78, 5) is 9.64. The van der Waals surface area contributed by atoms with Crippen LogP contribution in [0.5, 0.6) is 11.5 Å². The molecule has 3 aromatic rings. The molecule has 0 N–H and O–H groups in total. The Labute approximate surface area is 165 Å². The van der Waals surface area contributed by atoms with Crippen LogP contribution in [0.4, 0.5) is 19.0 Å². The van der Waals surface area contributed by atoms with Crippen LogP contribution in [0.15, 0.2) is 42.5 Å². The Balaban J connectivity index is 1.60. The summed E-state index contributed by atoms with van der Waals surface area (Å²) in [5, 5.41) is 0.616. The first-order valence-corrected chi connectivity index (χ1v) is 9.51. The Bertz CT molecular complexity index is 1070. The number of fused-ring (bicyclic) bond motifs is 2. The summed E-state index contributed by atoms with van der Waals surface area (Å²) >= 11 is 0. The van der Waals surface area contributed by atoms with Gasteiger partial charge < -0.3 is 14.4 Å². The van der Waals surface area contributed by atoms with Gasteiger partial charge in [0, 0.05) is 11.9 Å². The van der Waals surface area contributed by atoms with Gasteiger partial charge in [-0.2, -0.15) is 13.2 Å². The first-order chi connectivity index (χ1) is 14.0. The molecule has 0 spiro atoms. The van der Waals surface area contributed by atoms with E-state index in [1.807, 2.05) is 23.1 Å². The van der Waals surface area contributed by atoms with Crippen LogP contribution >= 0.6 is 0 Å². The zero-order chi connectivity index (χ0) is 20.0. The van der Waals surface area contributed by atoms with Crippen molar-refractivity contribution in [2.75, 3.05) is 24.7 Å². The van der Waals surface area contributed by atoms with Crippen LogP contribution in [0.2, 0.25) is 0 Å². The molecule has 2 aliphatic rings. The molecule has 3 heterocycles. The predicted molar refractivity (Wildman–Crippen MR) is 101 cm³/mol. The van der Waals surface area contributed by atoms with Gasteiger partial charge >= 0.3 is 6.18 Å². The van der Waals surface area contributed by atoms with Gasteiger partial charge in [0.15, 0.2) is 11.5 Å². The van der Waals surface area contributed by atoms with E-state index in [4.69, 9.17) is 9.47 Å². The number of benzene rings is 2. The molecule has 2 aliphatic heterocycles. The van der Waals surface area contributed by atoms with Crippen LogP contribution in [0.25, 0.3) is 10.9 Å². The molecule has 0 aliphatic carbocycles. The van der Waals surface area contributed by atoms with Crippen LogP contribution in [-0.4, -0.2) is 29.7 Å². The minimum absolute atomic E-state index is 0.0924. The summed E-state index contributed by atoms with van der Waals surface area (Å²) < 4.78 is 51.5. The van der Waals surface area contributed by atoms with E-state index in [9.17, 15) is 13.2 Å². The number of para-hydroxylation sites is 1. The maximum atomic E-state index is 13.4. The van der Waals surface area contributed by atoms with E-state index in [2.05, 4.69) is 9.97 Å². The molecule has 1 aromatic heterocycles. The second-order valence-corrected chi connectivity index (χ2v) is 7.14. The van der Waals surface area contributed by atoms with Crippen molar-refractivity contribution in [3.8, 4) is 11.5 Å². The normalized spacial score (nSPS) is 19.0. The quantitative estimate of drug-likeness (QED) is 0.620. The third kappa shape index (κ3) is 3.22. The number of rotatable bonds is 2. The Morgan fingerprint density at radius 2 is 1.76 bits per heavy atom. The Kier molecular flexibility index (Phi) is 4.22. The highest BCUT2D eigenvalue weighted by Gasteiger charge is 2.37.